The third kappa shape index (κ3) is 3.94. The van der Waals surface area contributed by atoms with Gasteiger partial charge in [-0.25, -0.2) is 9.98 Å². The average Bonchev–Trinajstić information content (AvgIpc) is 2.66. The molecule has 1 aliphatic heterocycles. The standard InChI is InChI=1S/C17H9BrF6N8/c18-9-2-7(16(19,20)21)5(1-8(9)17(22,23)24)12-10-11(27)6(3-25)13(28)31-14(10)32-15(30-12)29-4-26/h1-2,12H,(H6,27,28,29,30,31,32). The maximum absolute atomic E-state index is 13.8. The van der Waals surface area contributed by atoms with Crippen LogP contribution >= 0.6 is 15.9 Å². The number of fused-ring (bicyclic) bond motifs is 1. The molecule has 3 rings (SSSR count). The maximum atomic E-state index is 13.8. The molecule has 32 heavy (non-hydrogen) atoms. The zero-order chi connectivity index (χ0) is 24.0. The Morgan fingerprint density at radius 3 is 2.22 bits per heavy atom. The van der Waals surface area contributed by atoms with Crippen LogP contribution in [0, 0.1) is 22.8 Å². The highest BCUT2D eigenvalue weighted by molar-refractivity contribution is 9.10. The van der Waals surface area contributed by atoms with E-state index in [1.54, 1.807) is 6.07 Å². The van der Waals surface area contributed by atoms with Crippen LogP contribution in [-0.2, 0) is 12.4 Å². The predicted molar refractivity (Wildman–Crippen MR) is 104 cm³/mol. The van der Waals surface area contributed by atoms with Crippen LogP contribution in [0.25, 0.3) is 0 Å². The fourth-order valence-corrected chi connectivity index (χ4v) is 3.65. The number of rotatable bonds is 1. The van der Waals surface area contributed by atoms with E-state index in [2.05, 4.69) is 36.5 Å². The van der Waals surface area contributed by atoms with Crippen LogP contribution in [-0.4, -0.2) is 10.9 Å². The minimum Gasteiger partial charge on any atom is -0.397 e. The van der Waals surface area contributed by atoms with Crippen LogP contribution in [0.5, 0.6) is 0 Å². The normalized spacial score (nSPS) is 15.7. The van der Waals surface area contributed by atoms with Crippen molar-refractivity contribution in [3.05, 3.63) is 44.4 Å². The molecular weight excluding hydrogens is 510 g/mol. The Hall–Kier alpha value is -3.72. The zero-order valence-electron chi connectivity index (χ0n) is 15.3. The summed E-state index contributed by atoms with van der Waals surface area (Å²) in [6.45, 7) is 0. The number of nitrogens with one attached hydrogen (secondary N) is 2. The van der Waals surface area contributed by atoms with E-state index in [9.17, 15) is 31.6 Å². The van der Waals surface area contributed by atoms with Crippen molar-refractivity contribution >= 4 is 39.2 Å². The Kier molecular flexibility index (Phi) is 5.56. The lowest BCUT2D eigenvalue weighted by Gasteiger charge is -2.28. The van der Waals surface area contributed by atoms with Gasteiger partial charge < -0.3 is 16.8 Å². The second kappa shape index (κ2) is 7.76. The molecule has 2 heterocycles. The van der Waals surface area contributed by atoms with Gasteiger partial charge in [-0.1, -0.05) is 15.9 Å². The third-order valence-corrected chi connectivity index (χ3v) is 5.06. The van der Waals surface area contributed by atoms with Crippen molar-refractivity contribution in [2.45, 2.75) is 18.4 Å². The first kappa shape index (κ1) is 23.0. The molecule has 0 saturated carbocycles. The van der Waals surface area contributed by atoms with Gasteiger partial charge in [-0.15, -0.1) is 0 Å². The van der Waals surface area contributed by atoms with E-state index in [1.165, 1.54) is 6.19 Å². The average molecular weight is 519 g/mol. The van der Waals surface area contributed by atoms with Crippen LogP contribution in [0.2, 0.25) is 0 Å². The number of nitrogen functional groups attached to an aromatic ring is 2. The summed E-state index contributed by atoms with van der Waals surface area (Å²) in [5, 5.41) is 22.6. The van der Waals surface area contributed by atoms with E-state index in [1.807, 2.05) is 0 Å². The van der Waals surface area contributed by atoms with Gasteiger partial charge in [0.25, 0.3) is 0 Å². The number of aromatic nitrogens is 1. The lowest BCUT2D eigenvalue weighted by atomic mass is 9.90. The van der Waals surface area contributed by atoms with Gasteiger partial charge in [-0.3, -0.25) is 5.32 Å². The second-order valence-electron chi connectivity index (χ2n) is 6.32. The number of pyridine rings is 1. The lowest BCUT2D eigenvalue weighted by molar-refractivity contribution is -0.142. The van der Waals surface area contributed by atoms with Gasteiger partial charge >= 0.3 is 12.4 Å². The fraction of sp³-hybridized carbons (Fsp3) is 0.176. The lowest BCUT2D eigenvalue weighted by Crippen LogP contribution is -2.33. The molecule has 15 heteroatoms. The molecule has 1 atom stereocenters. The second-order valence-corrected chi connectivity index (χ2v) is 7.17. The van der Waals surface area contributed by atoms with Crippen LogP contribution in [0.4, 0.5) is 43.7 Å². The first-order valence-electron chi connectivity index (χ1n) is 8.26. The highest BCUT2D eigenvalue weighted by atomic mass is 79.9. The summed E-state index contributed by atoms with van der Waals surface area (Å²) >= 11 is 2.53. The Bertz CT molecular complexity index is 1220. The van der Waals surface area contributed by atoms with Crippen molar-refractivity contribution in [1.82, 2.24) is 10.3 Å². The van der Waals surface area contributed by atoms with Crippen molar-refractivity contribution in [1.29, 1.82) is 10.5 Å². The topological polar surface area (TPSA) is 149 Å². The van der Waals surface area contributed by atoms with Gasteiger partial charge in [0.1, 0.15) is 29.3 Å². The molecular formula is C17H9BrF6N8. The monoisotopic (exact) mass is 518 g/mol. The Morgan fingerprint density at radius 1 is 1.06 bits per heavy atom. The number of hydrogen-bond donors (Lipinski definition) is 4. The first-order chi connectivity index (χ1) is 14.8. The van der Waals surface area contributed by atoms with Crippen molar-refractivity contribution in [3.63, 3.8) is 0 Å². The molecule has 0 aliphatic carbocycles. The zero-order valence-corrected chi connectivity index (χ0v) is 16.9. The summed E-state index contributed by atoms with van der Waals surface area (Å²) < 4.78 is 80.9. The van der Waals surface area contributed by atoms with E-state index in [-0.39, 0.29) is 34.9 Å². The molecule has 6 N–H and O–H groups in total. The molecule has 0 bridgehead atoms. The van der Waals surface area contributed by atoms with E-state index >= 15 is 0 Å². The molecule has 0 spiro atoms. The van der Waals surface area contributed by atoms with Gasteiger partial charge in [0.2, 0.25) is 5.96 Å². The molecule has 1 unspecified atom stereocenters. The molecule has 1 aromatic carbocycles. The predicted octanol–water partition coefficient (Wildman–Crippen LogP) is 3.86. The molecule has 0 fully saturated rings. The van der Waals surface area contributed by atoms with Crippen LogP contribution in [0.3, 0.4) is 0 Å². The van der Waals surface area contributed by atoms with Gasteiger partial charge in [0.05, 0.1) is 16.8 Å². The number of benzene rings is 1. The highest BCUT2D eigenvalue weighted by Crippen LogP contribution is 2.47. The minimum atomic E-state index is -5.08. The minimum absolute atomic E-state index is 0.277. The van der Waals surface area contributed by atoms with Gasteiger partial charge in [0, 0.05) is 10.0 Å². The summed E-state index contributed by atoms with van der Waals surface area (Å²) in [5.74, 6) is -1.07. The first-order valence-corrected chi connectivity index (χ1v) is 9.05. The van der Waals surface area contributed by atoms with Gasteiger partial charge in [-0.2, -0.15) is 36.9 Å². The Labute approximate surface area is 183 Å². The number of nitrogens with two attached hydrogens (primary N) is 2. The van der Waals surface area contributed by atoms with Crippen molar-refractivity contribution in [3.8, 4) is 12.3 Å². The largest absolute Gasteiger partial charge is 0.417 e. The van der Waals surface area contributed by atoms with Crippen molar-refractivity contribution < 1.29 is 26.3 Å². The number of alkyl halides is 6. The quantitative estimate of drug-likeness (QED) is 0.254. The number of hydrogen-bond acceptors (Lipinski definition) is 8. The molecule has 0 saturated heterocycles. The van der Waals surface area contributed by atoms with Crippen LogP contribution in [0.15, 0.2) is 21.6 Å². The molecule has 0 amide bonds. The number of guanidine groups is 1. The van der Waals surface area contributed by atoms with Gasteiger partial charge in [0.15, 0.2) is 6.19 Å². The van der Waals surface area contributed by atoms with Crippen molar-refractivity contribution in [2.24, 2.45) is 4.99 Å². The van der Waals surface area contributed by atoms with E-state index < -0.39 is 51.2 Å². The highest BCUT2D eigenvalue weighted by Gasteiger charge is 2.42. The third-order valence-electron chi connectivity index (χ3n) is 4.40. The van der Waals surface area contributed by atoms with E-state index in [0.717, 1.165) is 0 Å². The number of nitriles is 2. The maximum Gasteiger partial charge on any atom is 0.417 e. The van der Waals surface area contributed by atoms with Gasteiger partial charge in [-0.05, 0) is 17.7 Å². The summed E-state index contributed by atoms with van der Waals surface area (Å²) in [7, 11) is 0. The molecule has 166 valence electrons. The Balaban J connectivity index is 2.43. The number of halogens is 7. The van der Waals surface area contributed by atoms with E-state index in [4.69, 9.17) is 16.7 Å². The number of nitrogens with zero attached hydrogens (tertiary/aromatic N) is 4. The summed E-state index contributed by atoms with van der Waals surface area (Å²) in [6.07, 6.45) is -8.60. The SMILES string of the molecule is N#CNC1=NC(c2cc(C(F)(F)F)c(Br)cc2C(F)(F)F)c2c(nc(N)c(C#N)c2N)N1. The molecule has 1 aromatic heterocycles. The summed E-state index contributed by atoms with van der Waals surface area (Å²) in [6, 6.07) is 0.390. The molecule has 8 nitrogen and oxygen atoms in total. The molecule has 0 radical (unpaired) electrons. The smallest absolute Gasteiger partial charge is 0.397 e. The van der Waals surface area contributed by atoms with Crippen molar-refractivity contribution in [2.75, 3.05) is 16.8 Å². The summed E-state index contributed by atoms with van der Waals surface area (Å²) in [5.41, 5.74) is 6.71. The van der Waals surface area contributed by atoms with Crippen LogP contribution in [0.1, 0.15) is 33.9 Å². The summed E-state index contributed by atoms with van der Waals surface area (Å²) in [4.78, 5) is 7.75. The van der Waals surface area contributed by atoms with Crippen LogP contribution < -0.4 is 22.1 Å². The number of anilines is 3. The molecule has 2 aromatic rings. The fourth-order valence-electron chi connectivity index (χ4n) is 3.08. The Morgan fingerprint density at radius 2 is 1.69 bits per heavy atom. The molecule has 1 aliphatic rings. The van der Waals surface area contributed by atoms with E-state index in [0.29, 0.717) is 0 Å². The number of aliphatic imine (C=N–C) groups is 1.